The number of rotatable bonds is 9. The van der Waals surface area contributed by atoms with E-state index in [1.54, 1.807) is 6.33 Å². The first-order valence-electron chi connectivity index (χ1n) is 12.0. The maximum absolute atomic E-state index is 13.0. The molecule has 4 rings (SSSR count). The van der Waals surface area contributed by atoms with E-state index >= 15 is 0 Å². The Hall–Kier alpha value is -3.38. The van der Waals surface area contributed by atoms with Crippen molar-refractivity contribution >= 4 is 14.0 Å². The Balaban J connectivity index is 0.000000840. The van der Waals surface area contributed by atoms with Crippen molar-refractivity contribution < 1.29 is 19.1 Å². The number of ketones is 1. The predicted octanol–water partition coefficient (Wildman–Crippen LogP) is 5.49. The fourth-order valence-corrected chi connectivity index (χ4v) is 4.42. The molecule has 0 aliphatic carbocycles. The van der Waals surface area contributed by atoms with Gasteiger partial charge in [-0.3, -0.25) is 9.36 Å². The monoisotopic (exact) mass is 505 g/mol. The van der Waals surface area contributed by atoms with Crippen molar-refractivity contribution in [1.82, 2.24) is 14.8 Å². The van der Waals surface area contributed by atoms with E-state index in [-0.39, 0.29) is 11.6 Å². The summed E-state index contributed by atoms with van der Waals surface area (Å²) in [6, 6.07) is 30.9. The third-order valence-electron chi connectivity index (χ3n) is 6.29. The van der Waals surface area contributed by atoms with Crippen molar-refractivity contribution in [3.63, 3.8) is 0 Å². The molecule has 7 nitrogen and oxygen atoms in total. The van der Waals surface area contributed by atoms with Gasteiger partial charge >= 0.3 is 8.25 Å². The summed E-state index contributed by atoms with van der Waals surface area (Å²) in [5, 5.41) is 4.79. The van der Waals surface area contributed by atoms with E-state index in [1.807, 2.05) is 59.3 Å². The highest BCUT2D eigenvalue weighted by molar-refractivity contribution is 7.30. The normalized spacial score (nSPS) is 11.3. The molecule has 0 saturated carbocycles. The molecule has 3 aromatic carbocycles. The third-order valence-corrected chi connectivity index (χ3v) is 6.29. The number of hydrogen-bond donors (Lipinski definition) is 2. The third kappa shape index (κ3) is 6.24. The lowest BCUT2D eigenvalue weighted by Crippen LogP contribution is -2.38. The summed E-state index contributed by atoms with van der Waals surface area (Å²) >= 11 is 0. The Morgan fingerprint density at radius 2 is 1.22 bits per heavy atom. The Bertz CT molecular complexity index is 1140. The van der Waals surface area contributed by atoms with Crippen molar-refractivity contribution in [1.29, 1.82) is 0 Å². The van der Waals surface area contributed by atoms with Gasteiger partial charge in [-0.1, -0.05) is 118 Å². The lowest BCUT2D eigenvalue weighted by atomic mass is 9.77. The van der Waals surface area contributed by atoms with Crippen LogP contribution in [0.1, 0.15) is 60.4 Å². The van der Waals surface area contributed by atoms with Gasteiger partial charge in [-0.05, 0) is 22.6 Å². The van der Waals surface area contributed by atoms with Crippen molar-refractivity contribution in [3.05, 3.63) is 120 Å². The summed E-state index contributed by atoms with van der Waals surface area (Å²) in [6.07, 6.45) is 4.13. The smallest absolute Gasteiger partial charge is 0.314 e. The molecule has 0 radical (unpaired) electrons. The lowest BCUT2D eigenvalue weighted by Gasteiger charge is -2.35. The van der Waals surface area contributed by atoms with E-state index in [0.29, 0.717) is 12.3 Å². The number of aromatic nitrogens is 3. The van der Waals surface area contributed by atoms with Gasteiger partial charge in [0.15, 0.2) is 0 Å². The van der Waals surface area contributed by atoms with Gasteiger partial charge in [0.05, 0.1) is 0 Å². The topological polar surface area (TPSA) is 105 Å². The zero-order chi connectivity index (χ0) is 26.0. The number of hydrogen-bond acceptors (Lipinski definition) is 4. The van der Waals surface area contributed by atoms with Crippen molar-refractivity contribution in [2.24, 2.45) is 5.92 Å². The summed E-state index contributed by atoms with van der Waals surface area (Å²) in [5.74, 6) is 0.640. The molecule has 0 unspecified atom stereocenters. The molecule has 0 amide bonds. The Labute approximate surface area is 212 Å². The SMILES string of the molecule is CCC(CC)CC(=O)c1ncn(C(c2ccccc2)(c2ccccc2)c2ccccc2)n1.O=[PH](O)O. The minimum atomic E-state index is -3.13. The summed E-state index contributed by atoms with van der Waals surface area (Å²) in [6.45, 7) is 4.25. The summed E-state index contributed by atoms with van der Waals surface area (Å²) in [4.78, 5) is 31.8. The molecule has 0 saturated heterocycles. The van der Waals surface area contributed by atoms with E-state index in [2.05, 4.69) is 55.2 Å². The van der Waals surface area contributed by atoms with Crippen LogP contribution in [-0.2, 0) is 10.1 Å². The molecule has 0 bridgehead atoms. The number of nitrogens with zero attached hydrogens (tertiary/aromatic N) is 3. The van der Waals surface area contributed by atoms with E-state index in [1.165, 1.54) is 0 Å². The van der Waals surface area contributed by atoms with Crippen LogP contribution in [0.25, 0.3) is 0 Å². The van der Waals surface area contributed by atoms with Crippen LogP contribution in [0.5, 0.6) is 0 Å². The molecule has 188 valence electrons. The molecule has 2 N–H and O–H groups in total. The van der Waals surface area contributed by atoms with Crippen molar-refractivity contribution in [2.45, 2.75) is 38.6 Å². The highest BCUT2D eigenvalue weighted by Crippen LogP contribution is 2.40. The van der Waals surface area contributed by atoms with Crippen LogP contribution in [0.3, 0.4) is 0 Å². The second-order valence-electron chi connectivity index (χ2n) is 8.41. The van der Waals surface area contributed by atoms with Gasteiger partial charge < -0.3 is 9.79 Å². The number of carbonyl (C=O) groups is 1. The summed E-state index contributed by atoms with van der Waals surface area (Å²) in [5.41, 5.74) is 2.42. The summed E-state index contributed by atoms with van der Waals surface area (Å²) < 4.78 is 10.6. The molecule has 1 heterocycles. The molecule has 0 fully saturated rings. The predicted molar refractivity (Wildman–Crippen MR) is 141 cm³/mol. The van der Waals surface area contributed by atoms with Crippen molar-refractivity contribution in [3.8, 4) is 0 Å². The van der Waals surface area contributed by atoms with E-state index < -0.39 is 13.8 Å². The maximum atomic E-state index is 13.0. The van der Waals surface area contributed by atoms with Crippen LogP contribution < -0.4 is 0 Å². The van der Waals surface area contributed by atoms with E-state index in [4.69, 9.17) is 19.5 Å². The van der Waals surface area contributed by atoms with Gasteiger partial charge in [0.1, 0.15) is 11.9 Å². The molecule has 0 spiro atoms. The molecular formula is C28H32N3O4P. The first-order chi connectivity index (χ1) is 17.4. The number of Topliss-reactive ketones (excluding diaryl/α,β-unsaturated/α-hetero) is 1. The van der Waals surface area contributed by atoms with Crippen LogP contribution >= 0.6 is 8.25 Å². The second-order valence-corrected chi connectivity index (χ2v) is 8.98. The van der Waals surface area contributed by atoms with Crippen LogP contribution in [0, 0.1) is 5.92 Å². The fourth-order valence-electron chi connectivity index (χ4n) is 4.42. The zero-order valence-electron chi connectivity index (χ0n) is 20.5. The van der Waals surface area contributed by atoms with E-state index in [0.717, 1.165) is 29.5 Å². The van der Waals surface area contributed by atoms with Crippen LogP contribution in [0.4, 0.5) is 0 Å². The average molecular weight is 506 g/mol. The van der Waals surface area contributed by atoms with Gasteiger partial charge in [0.25, 0.3) is 0 Å². The Morgan fingerprint density at radius 1 is 0.833 bits per heavy atom. The molecule has 8 heteroatoms. The quantitative estimate of drug-likeness (QED) is 0.177. The average Bonchev–Trinajstić information content (AvgIpc) is 3.40. The summed E-state index contributed by atoms with van der Waals surface area (Å²) in [7, 11) is -3.13. The Morgan fingerprint density at radius 3 is 1.58 bits per heavy atom. The molecule has 0 aliphatic heterocycles. The van der Waals surface area contributed by atoms with Crippen LogP contribution in [0.15, 0.2) is 97.3 Å². The molecular weight excluding hydrogens is 473 g/mol. The molecule has 4 aromatic rings. The molecule has 0 aliphatic rings. The zero-order valence-corrected chi connectivity index (χ0v) is 21.5. The maximum Gasteiger partial charge on any atom is 0.314 e. The van der Waals surface area contributed by atoms with Gasteiger partial charge in [-0.2, -0.15) is 0 Å². The fraction of sp³-hybridized carbons (Fsp3) is 0.250. The molecule has 36 heavy (non-hydrogen) atoms. The second kappa shape index (κ2) is 13.1. The van der Waals surface area contributed by atoms with Gasteiger partial charge in [0.2, 0.25) is 11.6 Å². The number of benzene rings is 3. The highest BCUT2D eigenvalue weighted by Gasteiger charge is 2.40. The van der Waals surface area contributed by atoms with Crippen LogP contribution in [-0.4, -0.2) is 30.3 Å². The largest absolute Gasteiger partial charge is 0.326 e. The molecule has 1 aromatic heterocycles. The molecule has 0 atom stereocenters. The Kier molecular flexibility index (Phi) is 9.88. The van der Waals surface area contributed by atoms with Crippen LogP contribution in [0.2, 0.25) is 0 Å². The van der Waals surface area contributed by atoms with Gasteiger partial charge in [-0.15, -0.1) is 5.10 Å². The van der Waals surface area contributed by atoms with Gasteiger partial charge in [-0.25, -0.2) is 9.67 Å². The highest BCUT2D eigenvalue weighted by atomic mass is 31.1. The lowest BCUT2D eigenvalue weighted by molar-refractivity contribution is 0.0948. The van der Waals surface area contributed by atoms with E-state index in [9.17, 15) is 4.79 Å². The number of carbonyl (C=O) groups excluding carboxylic acids is 1. The standard InChI is InChI=1S/C28H29N3O.H3O3P/c1-3-22(4-2)20-26(32)27-29-21-31(30-27)28(23-14-8-5-9-15-23,24-16-10-6-11-17-24)25-18-12-7-13-19-25;1-4(2)3/h5-19,21-22H,3-4,20H2,1-2H3;4H,(H2,1,2,3). The first kappa shape index (κ1) is 27.2. The minimum Gasteiger partial charge on any atom is -0.326 e. The van der Waals surface area contributed by atoms with Gasteiger partial charge in [0, 0.05) is 6.42 Å². The van der Waals surface area contributed by atoms with Crippen molar-refractivity contribution in [2.75, 3.05) is 0 Å². The minimum absolute atomic E-state index is 0.000495. The first-order valence-corrected chi connectivity index (χ1v) is 13.3.